The maximum atomic E-state index is 14.6. The average molecular weight is 383 g/mol. The zero-order valence-electron chi connectivity index (χ0n) is 15.7. The molecular formula is C20H22FN5O2. The van der Waals surface area contributed by atoms with Crippen molar-refractivity contribution in [2.24, 2.45) is 0 Å². The molecule has 0 bridgehead atoms. The second kappa shape index (κ2) is 7.10. The van der Waals surface area contributed by atoms with Crippen molar-refractivity contribution >= 4 is 16.9 Å². The van der Waals surface area contributed by atoms with Crippen LogP contribution in [-0.2, 0) is 15.9 Å². The van der Waals surface area contributed by atoms with E-state index >= 15 is 0 Å². The summed E-state index contributed by atoms with van der Waals surface area (Å²) >= 11 is 0. The quantitative estimate of drug-likeness (QED) is 0.692. The highest BCUT2D eigenvalue weighted by atomic mass is 19.1. The van der Waals surface area contributed by atoms with Gasteiger partial charge in [0.15, 0.2) is 11.6 Å². The van der Waals surface area contributed by atoms with Gasteiger partial charge in [0.1, 0.15) is 18.5 Å². The van der Waals surface area contributed by atoms with Gasteiger partial charge in [-0.25, -0.2) is 19.3 Å². The third-order valence-electron chi connectivity index (χ3n) is 5.57. The van der Waals surface area contributed by atoms with E-state index in [1.807, 2.05) is 36.4 Å². The van der Waals surface area contributed by atoms with E-state index in [9.17, 15) is 4.39 Å². The second-order valence-corrected chi connectivity index (χ2v) is 7.25. The summed E-state index contributed by atoms with van der Waals surface area (Å²) in [5.74, 6) is -0.00602. The minimum absolute atomic E-state index is 0.0638. The molecule has 7 nitrogen and oxygen atoms in total. The number of halogens is 1. The monoisotopic (exact) mass is 383 g/mol. The molecule has 0 spiro atoms. The zero-order chi connectivity index (χ0) is 19.1. The number of hydrogen-bond acceptors (Lipinski definition) is 6. The van der Waals surface area contributed by atoms with Crippen LogP contribution in [0.5, 0.6) is 0 Å². The Labute approximate surface area is 162 Å². The lowest BCUT2D eigenvalue weighted by molar-refractivity contribution is -0.00461. The van der Waals surface area contributed by atoms with Crippen LogP contribution in [0.4, 0.5) is 10.2 Å². The lowest BCUT2D eigenvalue weighted by Crippen LogP contribution is -2.27. The van der Waals surface area contributed by atoms with Gasteiger partial charge in [-0.3, -0.25) is 0 Å². The van der Waals surface area contributed by atoms with Gasteiger partial charge in [0.2, 0.25) is 0 Å². The van der Waals surface area contributed by atoms with E-state index in [1.54, 1.807) is 0 Å². The van der Waals surface area contributed by atoms with Gasteiger partial charge in [-0.15, -0.1) is 0 Å². The molecule has 2 aliphatic rings. The Morgan fingerprint density at radius 3 is 2.57 bits per heavy atom. The zero-order valence-corrected chi connectivity index (χ0v) is 15.7. The largest absolute Gasteiger partial charge is 0.371 e. The summed E-state index contributed by atoms with van der Waals surface area (Å²) < 4.78 is 29.1. The first-order valence-corrected chi connectivity index (χ1v) is 9.63. The van der Waals surface area contributed by atoms with Crippen molar-refractivity contribution in [2.75, 3.05) is 31.2 Å². The molecule has 3 aromatic rings. The molecule has 2 saturated heterocycles. The number of benzene rings is 1. The number of hydrogen-bond donors (Lipinski definition) is 0. The summed E-state index contributed by atoms with van der Waals surface area (Å²) in [4.78, 5) is 14.5. The van der Waals surface area contributed by atoms with E-state index in [0.717, 1.165) is 11.0 Å². The number of para-hydroxylation sites is 2. The van der Waals surface area contributed by atoms with Crippen LogP contribution in [0.2, 0.25) is 0 Å². The fraction of sp³-hybridized carbons (Fsp3) is 0.450. The molecule has 8 heteroatoms. The molecule has 0 saturated carbocycles. The standard InChI is InChI=1S/C20H22FN5O2/c1-2-14-19(21)20(23-11-22-14)25-7-17-18(8-25)28-10-13(9-27-17)26-12-24-15-5-3-4-6-16(15)26/h3-6,11-13,17-18H,2,7-10H2,1H3/t17-,18-/m0/s1. The molecule has 146 valence electrons. The Hall–Kier alpha value is -2.58. The summed E-state index contributed by atoms with van der Waals surface area (Å²) in [6.07, 6.45) is 3.58. The summed E-state index contributed by atoms with van der Waals surface area (Å²) in [5.41, 5.74) is 2.47. The molecule has 0 unspecified atom stereocenters. The Morgan fingerprint density at radius 2 is 1.82 bits per heavy atom. The van der Waals surface area contributed by atoms with Gasteiger partial charge in [-0.05, 0) is 18.6 Å². The first-order valence-electron chi connectivity index (χ1n) is 9.63. The summed E-state index contributed by atoms with van der Waals surface area (Å²) in [5, 5.41) is 0. The molecule has 0 aliphatic carbocycles. The normalized spacial score (nSPS) is 23.1. The summed E-state index contributed by atoms with van der Waals surface area (Å²) in [6, 6.07) is 8.10. The van der Waals surface area contributed by atoms with Crippen LogP contribution in [0.15, 0.2) is 36.9 Å². The maximum Gasteiger partial charge on any atom is 0.187 e. The fourth-order valence-corrected chi connectivity index (χ4v) is 4.05. The Bertz CT molecular complexity index is 978. The smallest absolute Gasteiger partial charge is 0.187 e. The topological polar surface area (TPSA) is 65.3 Å². The highest BCUT2D eigenvalue weighted by molar-refractivity contribution is 5.75. The predicted molar refractivity (Wildman–Crippen MR) is 102 cm³/mol. The van der Waals surface area contributed by atoms with Crippen molar-refractivity contribution in [3.8, 4) is 0 Å². The van der Waals surface area contributed by atoms with E-state index in [4.69, 9.17) is 9.47 Å². The number of rotatable bonds is 3. The van der Waals surface area contributed by atoms with E-state index in [1.165, 1.54) is 6.33 Å². The van der Waals surface area contributed by atoms with Crippen LogP contribution in [0.1, 0.15) is 18.7 Å². The van der Waals surface area contributed by atoms with Gasteiger partial charge in [0, 0.05) is 13.1 Å². The fourth-order valence-electron chi connectivity index (χ4n) is 4.05. The first kappa shape index (κ1) is 17.5. The average Bonchev–Trinajstić information content (AvgIpc) is 3.28. The number of imidazole rings is 1. The Kier molecular flexibility index (Phi) is 4.44. The van der Waals surface area contributed by atoms with Crippen LogP contribution < -0.4 is 4.90 Å². The number of nitrogens with zero attached hydrogens (tertiary/aromatic N) is 5. The first-order chi connectivity index (χ1) is 13.7. The predicted octanol–water partition coefficient (Wildman–Crippen LogP) is 2.37. The summed E-state index contributed by atoms with van der Waals surface area (Å²) in [7, 11) is 0. The molecule has 2 aromatic heterocycles. The molecule has 2 atom stereocenters. The van der Waals surface area contributed by atoms with Crippen molar-refractivity contribution in [3.63, 3.8) is 0 Å². The Morgan fingerprint density at radius 1 is 1.07 bits per heavy atom. The van der Waals surface area contributed by atoms with Crippen molar-refractivity contribution in [2.45, 2.75) is 31.6 Å². The molecule has 2 fully saturated rings. The van der Waals surface area contributed by atoms with Crippen LogP contribution in [-0.4, -0.2) is 58.0 Å². The van der Waals surface area contributed by atoms with Crippen molar-refractivity contribution < 1.29 is 13.9 Å². The van der Waals surface area contributed by atoms with Crippen LogP contribution >= 0.6 is 0 Å². The lowest BCUT2D eigenvalue weighted by atomic mass is 10.2. The van der Waals surface area contributed by atoms with E-state index in [0.29, 0.717) is 44.2 Å². The molecule has 0 amide bonds. The van der Waals surface area contributed by atoms with Gasteiger partial charge < -0.3 is 18.9 Å². The van der Waals surface area contributed by atoms with Crippen LogP contribution in [0.25, 0.3) is 11.0 Å². The number of fused-ring (bicyclic) bond motifs is 2. The minimum Gasteiger partial charge on any atom is -0.371 e. The minimum atomic E-state index is -0.343. The maximum absolute atomic E-state index is 14.6. The number of aryl methyl sites for hydroxylation is 1. The van der Waals surface area contributed by atoms with Crippen molar-refractivity contribution in [1.29, 1.82) is 0 Å². The number of anilines is 1. The van der Waals surface area contributed by atoms with E-state index in [-0.39, 0.29) is 24.1 Å². The SMILES string of the molecule is CCc1ncnc(N2C[C@@H]3OCC(n4cnc5ccccc54)CO[C@H]3C2)c1F. The number of ether oxygens (including phenoxy) is 2. The molecule has 4 heterocycles. The molecule has 1 aromatic carbocycles. The van der Waals surface area contributed by atoms with Gasteiger partial charge >= 0.3 is 0 Å². The number of aromatic nitrogens is 4. The third-order valence-corrected chi connectivity index (χ3v) is 5.57. The highest BCUT2D eigenvalue weighted by Crippen LogP contribution is 2.29. The molecule has 0 N–H and O–H groups in total. The van der Waals surface area contributed by atoms with E-state index in [2.05, 4.69) is 25.6 Å². The van der Waals surface area contributed by atoms with Crippen molar-refractivity contribution in [3.05, 3.63) is 48.4 Å². The molecular weight excluding hydrogens is 361 g/mol. The molecule has 0 radical (unpaired) electrons. The lowest BCUT2D eigenvalue weighted by Gasteiger charge is -2.21. The summed E-state index contributed by atoms with van der Waals surface area (Å²) in [6.45, 7) is 4.05. The van der Waals surface area contributed by atoms with Gasteiger partial charge in [0.25, 0.3) is 0 Å². The van der Waals surface area contributed by atoms with Crippen LogP contribution in [0, 0.1) is 5.82 Å². The van der Waals surface area contributed by atoms with Crippen molar-refractivity contribution in [1.82, 2.24) is 19.5 Å². The third kappa shape index (κ3) is 2.93. The molecule has 5 rings (SSSR count). The van der Waals surface area contributed by atoms with E-state index < -0.39 is 0 Å². The van der Waals surface area contributed by atoms with Gasteiger partial charge in [-0.1, -0.05) is 19.1 Å². The second-order valence-electron chi connectivity index (χ2n) is 7.25. The van der Waals surface area contributed by atoms with Gasteiger partial charge in [-0.2, -0.15) is 0 Å². The Balaban J connectivity index is 1.32. The molecule has 28 heavy (non-hydrogen) atoms. The highest BCUT2D eigenvalue weighted by Gasteiger charge is 2.39. The molecule has 2 aliphatic heterocycles. The van der Waals surface area contributed by atoms with Gasteiger partial charge in [0.05, 0.1) is 42.3 Å². The van der Waals surface area contributed by atoms with Crippen LogP contribution in [0.3, 0.4) is 0 Å².